The quantitative estimate of drug-likeness (QED) is 0.767. The number of carbonyl (C=O) groups excluding carboxylic acids is 2. The number of piperazine rings is 1. The lowest BCUT2D eigenvalue weighted by Crippen LogP contribution is -2.48. The first-order chi connectivity index (χ1) is 13.2. The van der Waals surface area contributed by atoms with E-state index in [0.29, 0.717) is 25.9 Å². The predicted octanol–water partition coefficient (Wildman–Crippen LogP) is 2.88. The van der Waals surface area contributed by atoms with Crippen LogP contribution < -0.4 is 4.90 Å². The Morgan fingerprint density at radius 3 is 2.41 bits per heavy atom. The summed E-state index contributed by atoms with van der Waals surface area (Å²) in [5.74, 6) is 0.160. The van der Waals surface area contributed by atoms with Crippen molar-refractivity contribution in [1.82, 2.24) is 9.88 Å². The minimum absolute atomic E-state index is 0.0773. The third kappa shape index (κ3) is 4.02. The highest BCUT2D eigenvalue weighted by Gasteiger charge is 2.22. The lowest BCUT2D eigenvalue weighted by atomic mass is 10.0. The summed E-state index contributed by atoms with van der Waals surface area (Å²) in [4.78, 5) is 33.2. The number of Topliss-reactive ketones (excluding diaryl/α,β-unsaturated/α-hetero) is 1. The Hall–Kier alpha value is -2.69. The highest BCUT2D eigenvalue weighted by atomic mass is 16.2. The molecule has 1 aromatic heterocycles. The number of nitrogens with zero attached hydrogens (tertiary/aromatic N) is 3. The second-order valence-electron chi connectivity index (χ2n) is 7.33. The Morgan fingerprint density at radius 1 is 0.889 bits per heavy atom. The lowest BCUT2D eigenvalue weighted by Gasteiger charge is -2.36. The van der Waals surface area contributed by atoms with E-state index in [1.165, 1.54) is 17.5 Å². The summed E-state index contributed by atoms with van der Waals surface area (Å²) in [5, 5.41) is 0. The van der Waals surface area contributed by atoms with Crippen molar-refractivity contribution >= 4 is 17.4 Å². The van der Waals surface area contributed by atoms with Crippen LogP contribution in [0.2, 0.25) is 0 Å². The standard InChI is InChI=1S/C22H25N3O2/c26-21(19-5-4-17-2-1-3-18(17)16-19)6-7-22(27)25-14-12-24(13-15-25)20-8-10-23-11-9-20/h4-5,8-11,16H,1-3,6-7,12-15H2. The smallest absolute Gasteiger partial charge is 0.223 e. The van der Waals surface area contributed by atoms with Crippen molar-refractivity contribution in [2.24, 2.45) is 0 Å². The molecule has 0 bridgehead atoms. The van der Waals surface area contributed by atoms with Gasteiger partial charge < -0.3 is 9.80 Å². The normalized spacial score (nSPS) is 16.3. The number of anilines is 1. The van der Waals surface area contributed by atoms with Gasteiger partial charge in [0.25, 0.3) is 0 Å². The number of rotatable bonds is 5. The van der Waals surface area contributed by atoms with E-state index < -0.39 is 0 Å². The maximum atomic E-state index is 12.5. The van der Waals surface area contributed by atoms with Gasteiger partial charge in [0.15, 0.2) is 5.78 Å². The minimum Gasteiger partial charge on any atom is -0.368 e. The largest absolute Gasteiger partial charge is 0.368 e. The molecule has 0 atom stereocenters. The molecule has 2 aromatic rings. The van der Waals surface area contributed by atoms with Gasteiger partial charge in [-0.3, -0.25) is 14.6 Å². The van der Waals surface area contributed by atoms with E-state index in [4.69, 9.17) is 0 Å². The number of aromatic nitrogens is 1. The number of amides is 1. The fourth-order valence-electron chi connectivity index (χ4n) is 4.04. The van der Waals surface area contributed by atoms with Gasteiger partial charge in [-0.05, 0) is 48.6 Å². The van der Waals surface area contributed by atoms with E-state index in [1.54, 1.807) is 12.4 Å². The van der Waals surface area contributed by atoms with Crippen LogP contribution >= 0.6 is 0 Å². The Bertz CT molecular complexity index is 827. The van der Waals surface area contributed by atoms with Gasteiger partial charge >= 0.3 is 0 Å². The van der Waals surface area contributed by atoms with Crippen LogP contribution in [0.5, 0.6) is 0 Å². The van der Waals surface area contributed by atoms with Gasteiger partial charge in [-0.15, -0.1) is 0 Å². The van der Waals surface area contributed by atoms with Crippen molar-refractivity contribution in [3.05, 3.63) is 59.4 Å². The molecule has 2 heterocycles. The molecule has 0 unspecified atom stereocenters. The second-order valence-corrected chi connectivity index (χ2v) is 7.33. The molecular weight excluding hydrogens is 338 g/mol. The summed E-state index contributed by atoms with van der Waals surface area (Å²) in [5.41, 5.74) is 4.57. The molecular formula is C22H25N3O2. The monoisotopic (exact) mass is 363 g/mol. The van der Waals surface area contributed by atoms with Crippen molar-refractivity contribution in [2.75, 3.05) is 31.1 Å². The van der Waals surface area contributed by atoms with Crippen LogP contribution in [0.3, 0.4) is 0 Å². The average Bonchev–Trinajstić information content (AvgIpc) is 3.20. The van der Waals surface area contributed by atoms with Crippen LogP contribution in [0, 0.1) is 0 Å². The molecule has 1 saturated heterocycles. The highest BCUT2D eigenvalue weighted by Crippen LogP contribution is 2.23. The fourth-order valence-corrected chi connectivity index (χ4v) is 4.04. The maximum absolute atomic E-state index is 12.5. The van der Waals surface area contributed by atoms with E-state index in [0.717, 1.165) is 37.2 Å². The molecule has 1 fully saturated rings. The zero-order valence-corrected chi connectivity index (χ0v) is 15.6. The molecule has 0 spiro atoms. The van der Waals surface area contributed by atoms with Crippen molar-refractivity contribution < 1.29 is 9.59 Å². The maximum Gasteiger partial charge on any atom is 0.223 e. The molecule has 1 aliphatic carbocycles. The van der Waals surface area contributed by atoms with Crippen molar-refractivity contribution in [2.45, 2.75) is 32.1 Å². The number of benzene rings is 1. The van der Waals surface area contributed by atoms with E-state index in [9.17, 15) is 9.59 Å². The Balaban J connectivity index is 1.27. The summed E-state index contributed by atoms with van der Waals surface area (Å²) in [6.45, 7) is 3.03. The predicted molar refractivity (Wildman–Crippen MR) is 105 cm³/mol. The Labute approximate surface area is 160 Å². The van der Waals surface area contributed by atoms with E-state index in [1.807, 2.05) is 29.2 Å². The van der Waals surface area contributed by atoms with E-state index in [-0.39, 0.29) is 11.7 Å². The molecule has 1 amide bonds. The Kier molecular flexibility index (Phi) is 5.19. The van der Waals surface area contributed by atoms with Crippen molar-refractivity contribution in [1.29, 1.82) is 0 Å². The average molecular weight is 363 g/mol. The first-order valence-corrected chi connectivity index (χ1v) is 9.78. The van der Waals surface area contributed by atoms with Gasteiger partial charge in [-0.25, -0.2) is 0 Å². The zero-order valence-electron chi connectivity index (χ0n) is 15.6. The van der Waals surface area contributed by atoms with Gasteiger partial charge in [0.2, 0.25) is 5.91 Å². The van der Waals surface area contributed by atoms with Gasteiger partial charge in [0, 0.05) is 62.7 Å². The number of hydrogen-bond acceptors (Lipinski definition) is 4. The van der Waals surface area contributed by atoms with Crippen molar-refractivity contribution in [3.63, 3.8) is 0 Å². The number of carbonyl (C=O) groups is 2. The summed E-state index contributed by atoms with van der Waals surface area (Å²) in [6, 6.07) is 10.0. The fraction of sp³-hybridized carbons (Fsp3) is 0.409. The minimum atomic E-state index is 0.0773. The number of aryl methyl sites for hydroxylation is 2. The SMILES string of the molecule is O=C(CCC(=O)N1CCN(c2ccncc2)CC1)c1ccc2c(c1)CCC2. The molecule has 1 aromatic carbocycles. The molecule has 4 rings (SSSR count). The second kappa shape index (κ2) is 7.91. The zero-order chi connectivity index (χ0) is 18.6. The molecule has 27 heavy (non-hydrogen) atoms. The third-order valence-electron chi connectivity index (χ3n) is 5.65. The molecule has 5 heteroatoms. The molecule has 140 valence electrons. The first-order valence-electron chi connectivity index (χ1n) is 9.78. The van der Waals surface area contributed by atoms with Gasteiger partial charge in [-0.2, -0.15) is 0 Å². The van der Waals surface area contributed by atoms with Crippen molar-refractivity contribution in [3.8, 4) is 0 Å². The molecule has 0 saturated carbocycles. The summed E-state index contributed by atoms with van der Waals surface area (Å²) >= 11 is 0. The highest BCUT2D eigenvalue weighted by molar-refractivity contribution is 5.98. The van der Waals surface area contributed by atoms with Crippen LogP contribution in [-0.2, 0) is 17.6 Å². The topological polar surface area (TPSA) is 53.5 Å². The van der Waals surface area contributed by atoms with Crippen LogP contribution in [-0.4, -0.2) is 47.8 Å². The molecule has 2 aliphatic rings. The van der Waals surface area contributed by atoms with Crippen LogP contribution in [0.15, 0.2) is 42.7 Å². The first kappa shape index (κ1) is 17.7. The van der Waals surface area contributed by atoms with Crippen LogP contribution in [0.1, 0.15) is 40.7 Å². The lowest BCUT2D eigenvalue weighted by molar-refractivity contribution is -0.131. The molecule has 0 N–H and O–H groups in total. The number of ketones is 1. The third-order valence-corrected chi connectivity index (χ3v) is 5.65. The van der Waals surface area contributed by atoms with Gasteiger partial charge in [-0.1, -0.05) is 12.1 Å². The number of pyridine rings is 1. The van der Waals surface area contributed by atoms with E-state index in [2.05, 4.69) is 16.0 Å². The molecule has 5 nitrogen and oxygen atoms in total. The van der Waals surface area contributed by atoms with Gasteiger partial charge in [0.05, 0.1) is 0 Å². The van der Waals surface area contributed by atoms with Crippen LogP contribution in [0.4, 0.5) is 5.69 Å². The summed E-state index contributed by atoms with van der Waals surface area (Å²) in [6.07, 6.45) is 7.53. The van der Waals surface area contributed by atoms with Gasteiger partial charge in [0.1, 0.15) is 0 Å². The summed E-state index contributed by atoms with van der Waals surface area (Å²) in [7, 11) is 0. The van der Waals surface area contributed by atoms with E-state index >= 15 is 0 Å². The Morgan fingerprint density at radius 2 is 1.63 bits per heavy atom. The molecule has 0 radical (unpaired) electrons. The number of hydrogen-bond donors (Lipinski definition) is 0. The molecule has 1 aliphatic heterocycles. The van der Waals surface area contributed by atoms with Crippen LogP contribution in [0.25, 0.3) is 0 Å². The number of fused-ring (bicyclic) bond motifs is 1. The summed E-state index contributed by atoms with van der Waals surface area (Å²) < 4.78 is 0.